The Morgan fingerprint density at radius 3 is 2.72 bits per heavy atom. The number of nitrogens with zero attached hydrogens (tertiary/aromatic N) is 3. The number of imidazole rings is 1. The highest BCUT2D eigenvalue weighted by Gasteiger charge is 2.24. The quantitative estimate of drug-likeness (QED) is 0.920. The van der Waals surface area contributed by atoms with Crippen LogP contribution in [0.15, 0.2) is 11.6 Å². The lowest BCUT2D eigenvalue weighted by Gasteiger charge is -2.14. The van der Waals surface area contributed by atoms with E-state index in [9.17, 15) is 0 Å². The monoisotopic (exact) mass is 262 g/mol. The van der Waals surface area contributed by atoms with Crippen molar-refractivity contribution in [1.82, 2.24) is 14.5 Å². The zero-order valence-corrected chi connectivity index (χ0v) is 11.8. The molecule has 1 saturated carbocycles. The molecule has 0 spiro atoms. The van der Waals surface area contributed by atoms with Gasteiger partial charge in [0.15, 0.2) is 0 Å². The van der Waals surface area contributed by atoms with Gasteiger partial charge >= 0.3 is 0 Å². The van der Waals surface area contributed by atoms with Crippen LogP contribution in [0.25, 0.3) is 0 Å². The van der Waals surface area contributed by atoms with Crippen molar-refractivity contribution in [3.8, 4) is 0 Å². The molecule has 1 N–H and O–H groups in total. The number of hydrogen-bond acceptors (Lipinski definition) is 4. The number of aryl methyl sites for hydroxylation is 2. The average Bonchev–Trinajstić information content (AvgIpc) is 2.91. The molecule has 0 bridgehead atoms. The summed E-state index contributed by atoms with van der Waals surface area (Å²) in [5, 5.41) is 6.73. The first kappa shape index (κ1) is 11.7. The van der Waals surface area contributed by atoms with Gasteiger partial charge in [-0.05, 0) is 33.6 Å². The second-order valence-corrected chi connectivity index (χ2v) is 5.92. The van der Waals surface area contributed by atoms with E-state index < -0.39 is 0 Å². The summed E-state index contributed by atoms with van der Waals surface area (Å²) in [6, 6.07) is 0.863. The Balaban J connectivity index is 1.89. The van der Waals surface area contributed by atoms with Crippen molar-refractivity contribution in [2.24, 2.45) is 0 Å². The van der Waals surface area contributed by atoms with E-state index in [1.54, 1.807) is 11.3 Å². The second kappa shape index (κ2) is 4.39. The lowest BCUT2D eigenvalue weighted by atomic mass is 10.3. The summed E-state index contributed by atoms with van der Waals surface area (Å²) in [6.07, 6.45) is 4.62. The number of anilines is 1. The lowest BCUT2D eigenvalue weighted by molar-refractivity contribution is 0.637. The molecule has 2 heterocycles. The van der Waals surface area contributed by atoms with Crippen molar-refractivity contribution in [3.05, 3.63) is 28.0 Å². The van der Waals surface area contributed by atoms with Gasteiger partial charge in [0.25, 0.3) is 0 Å². The third-order valence-electron chi connectivity index (χ3n) is 3.17. The summed E-state index contributed by atoms with van der Waals surface area (Å²) < 4.78 is 2.20. The summed E-state index contributed by atoms with van der Waals surface area (Å²) in [4.78, 5) is 9.15. The van der Waals surface area contributed by atoms with Gasteiger partial charge in [-0.3, -0.25) is 0 Å². The SMILES string of the molecule is Cc1csc(C(C)n2cc(C)nc2NC2CC2)n1. The minimum absolute atomic E-state index is 0.242. The van der Waals surface area contributed by atoms with E-state index in [1.165, 1.54) is 12.8 Å². The van der Waals surface area contributed by atoms with Crippen LogP contribution in [0.4, 0.5) is 5.95 Å². The summed E-state index contributed by atoms with van der Waals surface area (Å²) in [7, 11) is 0. The minimum Gasteiger partial charge on any atom is -0.353 e. The van der Waals surface area contributed by atoms with Crippen molar-refractivity contribution in [2.45, 2.75) is 45.7 Å². The van der Waals surface area contributed by atoms with Crippen molar-refractivity contribution >= 4 is 17.3 Å². The molecule has 0 aromatic carbocycles. The molecule has 4 nitrogen and oxygen atoms in total. The van der Waals surface area contributed by atoms with Crippen LogP contribution < -0.4 is 5.32 Å². The number of rotatable bonds is 4. The van der Waals surface area contributed by atoms with Crippen LogP contribution in [0.1, 0.15) is 42.2 Å². The van der Waals surface area contributed by atoms with Gasteiger partial charge in [-0.2, -0.15) is 0 Å². The standard InChI is InChI=1S/C13H18N4S/c1-8-6-17(13(15-8)16-11-4-5-11)10(3)12-14-9(2)7-18-12/h6-7,10-11H,4-5H2,1-3H3,(H,15,16). The van der Waals surface area contributed by atoms with Crippen LogP contribution >= 0.6 is 11.3 Å². The van der Waals surface area contributed by atoms with Gasteiger partial charge in [0.2, 0.25) is 5.95 Å². The fourth-order valence-electron chi connectivity index (χ4n) is 2.01. The molecule has 96 valence electrons. The Hall–Kier alpha value is -1.36. The Labute approximate surface area is 111 Å². The van der Waals surface area contributed by atoms with Gasteiger partial charge in [0.1, 0.15) is 5.01 Å². The first-order valence-corrected chi connectivity index (χ1v) is 7.25. The molecule has 18 heavy (non-hydrogen) atoms. The zero-order valence-electron chi connectivity index (χ0n) is 11.0. The molecule has 1 unspecified atom stereocenters. The number of thiazole rings is 1. The topological polar surface area (TPSA) is 42.7 Å². The molecule has 0 saturated heterocycles. The molecule has 5 heteroatoms. The molecule has 1 atom stereocenters. The number of hydrogen-bond donors (Lipinski definition) is 1. The Bertz CT molecular complexity index is 553. The van der Waals surface area contributed by atoms with Gasteiger partial charge < -0.3 is 9.88 Å². The Morgan fingerprint density at radius 2 is 2.11 bits per heavy atom. The minimum atomic E-state index is 0.242. The first-order chi connectivity index (χ1) is 8.63. The highest BCUT2D eigenvalue weighted by molar-refractivity contribution is 7.09. The maximum atomic E-state index is 4.57. The molecule has 0 radical (unpaired) electrons. The fraction of sp³-hybridized carbons (Fsp3) is 0.538. The summed E-state index contributed by atoms with van der Waals surface area (Å²) >= 11 is 1.72. The van der Waals surface area contributed by atoms with Crippen molar-refractivity contribution in [3.63, 3.8) is 0 Å². The van der Waals surface area contributed by atoms with Crippen LogP contribution in [0.3, 0.4) is 0 Å². The Morgan fingerprint density at radius 1 is 1.33 bits per heavy atom. The molecule has 1 aliphatic rings. The summed E-state index contributed by atoms with van der Waals surface area (Å²) in [6.45, 7) is 6.25. The van der Waals surface area contributed by atoms with E-state index >= 15 is 0 Å². The predicted octanol–water partition coefficient (Wildman–Crippen LogP) is 3.14. The van der Waals surface area contributed by atoms with Crippen LogP contribution in [0, 0.1) is 13.8 Å². The van der Waals surface area contributed by atoms with E-state index in [2.05, 4.69) is 38.4 Å². The third-order valence-corrected chi connectivity index (χ3v) is 4.31. The molecule has 0 amide bonds. The first-order valence-electron chi connectivity index (χ1n) is 6.37. The largest absolute Gasteiger partial charge is 0.353 e. The van der Waals surface area contributed by atoms with Crippen LogP contribution in [-0.4, -0.2) is 20.6 Å². The third kappa shape index (κ3) is 2.27. The molecule has 2 aromatic rings. The van der Waals surface area contributed by atoms with E-state index in [0.717, 1.165) is 22.3 Å². The molecule has 2 aromatic heterocycles. The van der Waals surface area contributed by atoms with Crippen molar-refractivity contribution in [1.29, 1.82) is 0 Å². The van der Waals surface area contributed by atoms with E-state index in [-0.39, 0.29) is 6.04 Å². The molecule has 0 aliphatic heterocycles. The van der Waals surface area contributed by atoms with E-state index in [1.807, 2.05) is 13.8 Å². The highest BCUT2D eigenvalue weighted by atomic mass is 32.1. The summed E-state index contributed by atoms with van der Waals surface area (Å²) in [5.41, 5.74) is 2.15. The van der Waals surface area contributed by atoms with Gasteiger partial charge in [0.05, 0.1) is 11.7 Å². The van der Waals surface area contributed by atoms with Crippen LogP contribution in [-0.2, 0) is 0 Å². The normalized spacial score (nSPS) is 16.8. The molecule has 1 aliphatic carbocycles. The molecule has 3 rings (SSSR count). The van der Waals surface area contributed by atoms with Crippen LogP contribution in [0.2, 0.25) is 0 Å². The molecule has 1 fully saturated rings. The maximum absolute atomic E-state index is 4.57. The van der Waals surface area contributed by atoms with Crippen molar-refractivity contribution < 1.29 is 0 Å². The maximum Gasteiger partial charge on any atom is 0.203 e. The zero-order chi connectivity index (χ0) is 12.7. The highest BCUT2D eigenvalue weighted by Crippen LogP contribution is 2.29. The molecular weight excluding hydrogens is 244 g/mol. The number of aromatic nitrogens is 3. The number of nitrogens with one attached hydrogen (secondary N) is 1. The lowest BCUT2D eigenvalue weighted by Crippen LogP contribution is -2.12. The van der Waals surface area contributed by atoms with Gasteiger partial charge in [-0.1, -0.05) is 0 Å². The van der Waals surface area contributed by atoms with Crippen molar-refractivity contribution in [2.75, 3.05) is 5.32 Å². The average molecular weight is 262 g/mol. The van der Waals surface area contributed by atoms with Gasteiger partial charge in [-0.15, -0.1) is 11.3 Å². The predicted molar refractivity (Wildman–Crippen MR) is 74.3 cm³/mol. The Kier molecular flexibility index (Phi) is 2.86. The fourth-order valence-corrected chi connectivity index (χ4v) is 2.86. The molecular formula is C13H18N4S. The van der Waals surface area contributed by atoms with E-state index in [4.69, 9.17) is 0 Å². The van der Waals surface area contributed by atoms with Gasteiger partial charge in [-0.25, -0.2) is 9.97 Å². The van der Waals surface area contributed by atoms with E-state index in [0.29, 0.717) is 6.04 Å². The smallest absolute Gasteiger partial charge is 0.203 e. The summed E-state index contributed by atoms with van der Waals surface area (Å²) in [5.74, 6) is 0.982. The second-order valence-electron chi connectivity index (χ2n) is 5.03. The van der Waals surface area contributed by atoms with Gasteiger partial charge in [0, 0.05) is 23.3 Å². The van der Waals surface area contributed by atoms with Crippen LogP contribution in [0.5, 0.6) is 0 Å².